The predicted molar refractivity (Wildman–Crippen MR) is 60.6 cm³/mol. The van der Waals surface area contributed by atoms with Crippen molar-refractivity contribution in [2.24, 2.45) is 5.14 Å². The third kappa shape index (κ3) is 3.90. The second-order valence-corrected chi connectivity index (χ2v) is 5.36. The molecule has 0 aromatic heterocycles. The van der Waals surface area contributed by atoms with Crippen molar-refractivity contribution < 1.29 is 30.8 Å². The molecule has 1 aromatic carbocycles. The van der Waals surface area contributed by atoms with Gasteiger partial charge in [-0.25, -0.2) is 22.3 Å². The highest BCUT2D eigenvalue weighted by molar-refractivity contribution is 7.89. The van der Waals surface area contributed by atoms with E-state index in [0.717, 1.165) is 12.1 Å². The largest absolute Gasteiger partial charge is 0.383 e. The van der Waals surface area contributed by atoms with Gasteiger partial charge in [0.2, 0.25) is 10.0 Å². The summed E-state index contributed by atoms with van der Waals surface area (Å²) < 4.78 is 71.2. The van der Waals surface area contributed by atoms with Gasteiger partial charge in [-0.2, -0.15) is 8.78 Å². The van der Waals surface area contributed by atoms with E-state index in [4.69, 9.17) is 5.14 Å². The summed E-state index contributed by atoms with van der Waals surface area (Å²) in [6.45, 7) is -0.537. The maximum Gasteiger partial charge on any atom is 0.383 e. The fraction of sp³-hybridized carbons (Fsp3) is 0.300. The molecule has 0 fully saturated rings. The number of hydrogen-bond acceptors (Lipinski definition) is 3. The molecule has 0 saturated heterocycles. The molecule has 20 heavy (non-hydrogen) atoms. The van der Waals surface area contributed by atoms with Gasteiger partial charge >= 0.3 is 12.3 Å². The monoisotopic (exact) mass is 314 g/mol. The quantitative estimate of drug-likeness (QED) is 0.790. The Morgan fingerprint density at radius 1 is 1.35 bits per heavy atom. The lowest BCUT2D eigenvalue weighted by Crippen LogP contribution is -2.44. The highest BCUT2D eigenvalue weighted by Gasteiger charge is 2.48. The predicted octanol–water partition coefficient (Wildman–Crippen LogP) is 0.851. The number of carbonyl (C=O) groups is 1. The molecule has 0 unspecified atom stereocenters. The van der Waals surface area contributed by atoms with E-state index in [2.05, 4.69) is 0 Å². The van der Waals surface area contributed by atoms with Crippen LogP contribution in [0, 0.1) is 0 Å². The van der Waals surface area contributed by atoms with Crippen molar-refractivity contribution in [2.75, 3.05) is 0 Å². The Bertz CT molecular complexity index is 604. The fourth-order valence-electron chi connectivity index (χ4n) is 1.23. The summed E-state index contributed by atoms with van der Waals surface area (Å²) in [5.74, 6) is -6.95. The maximum atomic E-state index is 12.6. The van der Waals surface area contributed by atoms with E-state index in [-0.39, 0.29) is 10.5 Å². The number of primary sulfonamides is 1. The lowest BCUT2D eigenvalue weighted by atomic mass is 10.2. The summed E-state index contributed by atoms with van der Waals surface area (Å²) in [5.41, 5.74) is 0.120. The van der Waals surface area contributed by atoms with Crippen LogP contribution in [0.4, 0.5) is 17.6 Å². The van der Waals surface area contributed by atoms with Gasteiger partial charge in [-0.05, 0) is 17.7 Å². The van der Waals surface area contributed by atoms with E-state index in [0.29, 0.717) is 0 Å². The Labute approximate surface area is 111 Å². The number of amides is 1. The first-order valence-corrected chi connectivity index (χ1v) is 6.66. The van der Waals surface area contributed by atoms with Gasteiger partial charge in [-0.1, -0.05) is 12.1 Å². The van der Waals surface area contributed by atoms with E-state index in [1.54, 1.807) is 5.32 Å². The van der Waals surface area contributed by atoms with Crippen LogP contribution >= 0.6 is 0 Å². The molecule has 0 atom stereocenters. The van der Waals surface area contributed by atoms with Gasteiger partial charge in [-0.15, -0.1) is 0 Å². The second kappa shape index (κ2) is 5.75. The summed E-state index contributed by atoms with van der Waals surface area (Å²) >= 11 is 0. The number of alkyl halides is 4. The highest BCUT2D eigenvalue weighted by atomic mass is 32.2. The minimum Gasteiger partial charge on any atom is -0.347 e. The van der Waals surface area contributed by atoms with Crippen molar-refractivity contribution in [3.63, 3.8) is 0 Å². The first-order valence-electron chi connectivity index (χ1n) is 5.11. The fourth-order valence-corrected chi connectivity index (χ4v) is 1.82. The van der Waals surface area contributed by atoms with Gasteiger partial charge in [0.05, 0.1) is 4.90 Å². The van der Waals surface area contributed by atoms with Crippen molar-refractivity contribution in [2.45, 2.75) is 23.8 Å². The molecule has 3 N–H and O–H groups in total. The molecule has 0 radical (unpaired) electrons. The number of carbonyl (C=O) groups excluding carboxylic acids is 1. The van der Waals surface area contributed by atoms with E-state index < -0.39 is 34.8 Å². The normalized spacial score (nSPS) is 12.5. The smallest absolute Gasteiger partial charge is 0.347 e. The molecule has 0 aliphatic heterocycles. The molecule has 0 aliphatic rings. The molecule has 112 valence electrons. The van der Waals surface area contributed by atoms with Crippen molar-refractivity contribution in [3.8, 4) is 0 Å². The average Bonchev–Trinajstić information content (AvgIpc) is 2.35. The van der Waals surface area contributed by atoms with Crippen LogP contribution in [-0.2, 0) is 21.4 Å². The Morgan fingerprint density at radius 3 is 2.45 bits per heavy atom. The van der Waals surface area contributed by atoms with Crippen LogP contribution in [0.3, 0.4) is 0 Å². The van der Waals surface area contributed by atoms with Crippen molar-refractivity contribution >= 4 is 15.9 Å². The lowest BCUT2D eigenvalue weighted by Gasteiger charge is -2.14. The van der Waals surface area contributed by atoms with E-state index in [9.17, 15) is 30.8 Å². The summed E-state index contributed by atoms with van der Waals surface area (Å²) in [5, 5.41) is 6.45. The lowest BCUT2D eigenvalue weighted by molar-refractivity contribution is -0.169. The standard InChI is InChI=1S/C10H10F4N2O3S/c11-8(12)10(13,14)9(17)16-5-6-2-1-3-7(4-6)20(15,18)19/h1-4,8H,5H2,(H,16,17)(H2,15,18,19). The second-order valence-electron chi connectivity index (χ2n) is 3.80. The molecule has 1 rings (SSSR count). The van der Waals surface area contributed by atoms with E-state index in [1.807, 2.05) is 0 Å². The molecule has 5 nitrogen and oxygen atoms in total. The number of hydrogen-bond donors (Lipinski definition) is 2. The van der Waals surface area contributed by atoms with E-state index in [1.165, 1.54) is 12.1 Å². The van der Waals surface area contributed by atoms with Crippen molar-refractivity contribution in [1.29, 1.82) is 0 Å². The number of benzene rings is 1. The number of halogens is 4. The van der Waals surface area contributed by atoms with Gasteiger partial charge in [0.15, 0.2) is 0 Å². The highest BCUT2D eigenvalue weighted by Crippen LogP contribution is 2.22. The zero-order valence-electron chi connectivity index (χ0n) is 9.82. The summed E-state index contributed by atoms with van der Waals surface area (Å²) in [4.78, 5) is 10.6. The van der Waals surface area contributed by atoms with Crippen LogP contribution in [-0.4, -0.2) is 26.7 Å². The van der Waals surface area contributed by atoms with E-state index >= 15 is 0 Å². The minimum atomic E-state index is -4.81. The molecule has 0 aliphatic carbocycles. The van der Waals surface area contributed by atoms with Gasteiger partial charge in [0.1, 0.15) is 0 Å². The van der Waals surface area contributed by atoms with Crippen molar-refractivity contribution in [3.05, 3.63) is 29.8 Å². The molecule has 0 saturated carbocycles. The topological polar surface area (TPSA) is 89.3 Å². The molecule has 0 heterocycles. The van der Waals surface area contributed by atoms with Gasteiger partial charge < -0.3 is 5.32 Å². The molecular weight excluding hydrogens is 304 g/mol. The van der Waals surface area contributed by atoms with Crippen LogP contribution in [0.15, 0.2) is 29.2 Å². The van der Waals surface area contributed by atoms with Crippen LogP contribution < -0.4 is 10.5 Å². The van der Waals surface area contributed by atoms with Gasteiger partial charge in [0, 0.05) is 6.54 Å². The van der Waals surface area contributed by atoms with Crippen LogP contribution in [0.5, 0.6) is 0 Å². The van der Waals surface area contributed by atoms with Gasteiger partial charge in [0.25, 0.3) is 5.91 Å². The Kier molecular flexibility index (Phi) is 4.71. The molecule has 0 bridgehead atoms. The third-order valence-electron chi connectivity index (χ3n) is 2.26. The SMILES string of the molecule is NS(=O)(=O)c1cccc(CNC(=O)C(F)(F)C(F)F)c1. The number of rotatable bonds is 5. The first-order chi connectivity index (χ1) is 9.05. The first kappa shape index (κ1) is 16.4. The maximum absolute atomic E-state index is 12.6. The molecule has 0 spiro atoms. The van der Waals surface area contributed by atoms with Crippen LogP contribution in [0.25, 0.3) is 0 Å². The Hall–Kier alpha value is -1.68. The summed E-state index contributed by atoms with van der Waals surface area (Å²) in [7, 11) is -3.99. The zero-order valence-corrected chi connectivity index (χ0v) is 10.6. The van der Waals surface area contributed by atoms with Crippen LogP contribution in [0.2, 0.25) is 0 Å². The third-order valence-corrected chi connectivity index (χ3v) is 3.17. The Morgan fingerprint density at radius 2 is 1.95 bits per heavy atom. The molecule has 1 amide bonds. The summed E-state index contributed by atoms with van der Waals surface area (Å²) in [6.07, 6.45) is -4.13. The average molecular weight is 314 g/mol. The minimum absolute atomic E-state index is 0.120. The molecule has 10 heteroatoms. The molecular formula is C10H10F4N2O3S. The number of nitrogens with one attached hydrogen (secondary N) is 1. The Balaban J connectivity index is 2.79. The molecule has 1 aromatic rings. The zero-order chi connectivity index (χ0) is 15.6. The van der Waals surface area contributed by atoms with Gasteiger partial charge in [-0.3, -0.25) is 4.79 Å². The van der Waals surface area contributed by atoms with Crippen molar-refractivity contribution in [1.82, 2.24) is 5.32 Å². The number of sulfonamides is 1. The van der Waals surface area contributed by atoms with Crippen LogP contribution in [0.1, 0.15) is 5.56 Å². The number of nitrogens with two attached hydrogens (primary N) is 1. The summed E-state index contributed by atoms with van der Waals surface area (Å²) in [6, 6.07) is 4.78.